The fourth-order valence-electron chi connectivity index (χ4n) is 1.95. The number of thiazole rings is 1. The van der Waals surface area contributed by atoms with Gasteiger partial charge in [-0.25, -0.2) is 9.78 Å². The van der Waals surface area contributed by atoms with Gasteiger partial charge in [0.2, 0.25) is 0 Å². The summed E-state index contributed by atoms with van der Waals surface area (Å²) in [5, 5.41) is 4.51. The summed E-state index contributed by atoms with van der Waals surface area (Å²) < 4.78 is 5.75. The number of carbonyl (C=O) groups is 1. The lowest BCUT2D eigenvalue weighted by Gasteiger charge is -2.17. The van der Waals surface area contributed by atoms with Gasteiger partial charge in [-0.3, -0.25) is 0 Å². The number of ether oxygens (including phenoxy) is 1. The second kappa shape index (κ2) is 6.41. The van der Waals surface area contributed by atoms with E-state index >= 15 is 0 Å². The molecule has 1 heterocycles. The first-order chi connectivity index (χ1) is 9.51. The highest BCUT2D eigenvalue weighted by molar-refractivity contribution is 7.22. The number of esters is 1. The molecule has 0 radical (unpaired) electrons. The Hall–Kier alpha value is -1.33. The number of rotatable bonds is 5. The minimum atomic E-state index is -0.390. The van der Waals surface area contributed by atoms with Crippen LogP contribution in [0.25, 0.3) is 10.2 Å². The van der Waals surface area contributed by atoms with Gasteiger partial charge in [0.05, 0.1) is 22.3 Å². The molecule has 1 unspecified atom stereocenters. The molecule has 2 aromatic rings. The van der Waals surface area contributed by atoms with Gasteiger partial charge in [-0.05, 0) is 24.5 Å². The van der Waals surface area contributed by atoms with Gasteiger partial charge < -0.3 is 10.1 Å². The average molecular weight is 313 g/mol. The zero-order valence-electron chi connectivity index (χ0n) is 11.6. The number of nitrogens with one attached hydrogen (secondary N) is 1. The van der Waals surface area contributed by atoms with Gasteiger partial charge in [-0.1, -0.05) is 42.9 Å². The van der Waals surface area contributed by atoms with Gasteiger partial charge in [-0.2, -0.15) is 0 Å². The number of hydrogen-bond donors (Lipinski definition) is 1. The Morgan fingerprint density at radius 3 is 2.85 bits per heavy atom. The monoisotopic (exact) mass is 312 g/mol. The zero-order chi connectivity index (χ0) is 14.7. The number of halogens is 1. The second-order valence-electron chi connectivity index (χ2n) is 4.96. The number of carbonyl (C=O) groups excluding carboxylic acids is 1. The highest BCUT2D eigenvalue weighted by Gasteiger charge is 2.21. The third-order valence-corrected chi connectivity index (χ3v) is 4.32. The first-order valence-corrected chi connectivity index (χ1v) is 7.60. The molecule has 0 aliphatic rings. The maximum atomic E-state index is 11.8. The first kappa shape index (κ1) is 15.1. The van der Waals surface area contributed by atoms with Crippen LogP contribution in [0.1, 0.15) is 20.3 Å². The van der Waals surface area contributed by atoms with Gasteiger partial charge in [-0.15, -0.1) is 0 Å². The van der Waals surface area contributed by atoms with Gasteiger partial charge >= 0.3 is 5.97 Å². The van der Waals surface area contributed by atoms with Crippen molar-refractivity contribution in [1.82, 2.24) is 4.98 Å². The van der Waals surface area contributed by atoms with Crippen LogP contribution in [0.2, 0.25) is 5.02 Å². The molecule has 1 aromatic heterocycles. The number of nitrogens with zero attached hydrogens (tertiary/aromatic N) is 1. The quantitative estimate of drug-likeness (QED) is 0.849. The fourth-order valence-corrected chi connectivity index (χ4v) is 3.16. The number of benzene rings is 1. The van der Waals surface area contributed by atoms with E-state index in [1.54, 1.807) is 0 Å². The summed E-state index contributed by atoms with van der Waals surface area (Å²) in [5.74, 6) is 0.105. The molecule has 0 aliphatic heterocycles. The maximum Gasteiger partial charge on any atom is 0.328 e. The second-order valence-corrected chi connectivity index (χ2v) is 6.36. The number of fused-ring (bicyclic) bond motifs is 1. The van der Waals surface area contributed by atoms with E-state index in [4.69, 9.17) is 16.3 Å². The summed E-state index contributed by atoms with van der Waals surface area (Å²) in [5.41, 5.74) is 0.832. The molecular formula is C14H17ClN2O2S. The van der Waals surface area contributed by atoms with Crippen molar-refractivity contribution < 1.29 is 9.53 Å². The van der Waals surface area contributed by atoms with E-state index in [0.717, 1.165) is 10.2 Å². The topological polar surface area (TPSA) is 51.2 Å². The lowest BCUT2D eigenvalue weighted by Crippen LogP contribution is -2.32. The molecule has 0 aliphatic carbocycles. The number of aromatic nitrogens is 1. The SMILES string of the molecule is COC(=O)C(CC(C)C)Nc1nc2cccc(Cl)c2s1. The third kappa shape index (κ3) is 3.41. The van der Waals surface area contributed by atoms with Crippen molar-refractivity contribution in [2.45, 2.75) is 26.3 Å². The van der Waals surface area contributed by atoms with E-state index in [9.17, 15) is 4.79 Å². The standard InChI is InChI=1S/C14H17ClN2O2S/c1-8(2)7-11(13(18)19-3)17-14-16-10-6-4-5-9(15)12(10)20-14/h4-6,8,11H,7H2,1-3H3,(H,16,17). The molecule has 1 N–H and O–H groups in total. The van der Waals surface area contributed by atoms with Crippen LogP contribution in [-0.4, -0.2) is 24.1 Å². The van der Waals surface area contributed by atoms with E-state index in [1.807, 2.05) is 18.2 Å². The van der Waals surface area contributed by atoms with Crippen LogP contribution in [0.5, 0.6) is 0 Å². The molecule has 1 aromatic carbocycles. The van der Waals surface area contributed by atoms with E-state index in [0.29, 0.717) is 22.5 Å². The van der Waals surface area contributed by atoms with E-state index in [1.165, 1.54) is 18.4 Å². The minimum Gasteiger partial charge on any atom is -0.467 e. The highest BCUT2D eigenvalue weighted by Crippen LogP contribution is 2.32. The highest BCUT2D eigenvalue weighted by atomic mass is 35.5. The molecule has 0 saturated carbocycles. The van der Waals surface area contributed by atoms with Crippen molar-refractivity contribution in [3.63, 3.8) is 0 Å². The van der Waals surface area contributed by atoms with Crippen LogP contribution < -0.4 is 5.32 Å². The van der Waals surface area contributed by atoms with Crippen LogP contribution in [0.4, 0.5) is 5.13 Å². The molecule has 2 rings (SSSR count). The minimum absolute atomic E-state index is 0.274. The van der Waals surface area contributed by atoms with Crippen molar-refractivity contribution in [2.24, 2.45) is 5.92 Å². The summed E-state index contributed by atoms with van der Waals surface area (Å²) in [6.45, 7) is 4.12. The summed E-state index contributed by atoms with van der Waals surface area (Å²) in [6.07, 6.45) is 0.691. The van der Waals surface area contributed by atoms with Gasteiger partial charge in [0.1, 0.15) is 6.04 Å². The van der Waals surface area contributed by atoms with E-state index in [2.05, 4.69) is 24.1 Å². The van der Waals surface area contributed by atoms with Crippen LogP contribution in [-0.2, 0) is 9.53 Å². The number of anilines is 1. The third-order valence-electron chi connectivity index (χ3n) is 2.86. The predicted octanol–water partition coefficient (Wildman–Crippen LogP) is 3.95. The lowest BCUT2D eigenvalue weighted by atomic mass is 10.0. The summed E-state index contributed by atoms with van der Waals surface area (Å²) >= 11 is 7.58. The number of hydrogen-bond acceptors (Lipinski definition) is 5. The van der Waals surface area contributed by atoms with E-state index < -0.39 is 0 Å². The maximum absolute atomic E-state index is 11.8. The van der Waals surface area contributed by atoms with Crippen molar-refractivity contribution >= 4 is 44.3 Å². The Morgan fingerprint density at radius 2 is 2.25 bits per heavy atom. The first-order valence-electron chi connectivity index (χ1n) is 6.40. The van der Waals surface area contributed by atoms with Crippen LogP contribution in [0, 0.1) is 5.92 Å². The van der Waals surface area contributed by atoms with Gasteiger partial charge in [0.25, 0.3) is 0 Å². The summed E-state index contributed by atoms with van der Waals surface area (Å²) in [6, 6.07) is 5.20. The fraction of sp³-hybridized carbons (Fsp3) is 0.429. The Labute approximate surface area is 127 Å². The molecule has 108 valence electrons. The van der Waals surface area contributed by atoms with Crippen LogP contribution in [0.15, 0.2) is 18.2 Å². The normalized spacial score (nSPS) is 12.7. The molecule has 0 fully saturated rings. The van der Waals surface area contributed by atoms with Crippen molar-refractivity contribution in [1.29, 1.82) is 0 Å². The molecule has 6 heteroatoms. The van der Waals surface area contributed by atoms with Gasteiger partial charge in [0, 0.05) is 0 Å². The molecule has 4 nitrogen and oxygen atoms in total. The van der Waals surface area contributed by atoms with Crippen molar-refractivity contribution in [2.75, 3.05) is 12.4 Å². The molecule has 0 amide bonds. The smallest absolute Gasteiger partial charge is 0.328 e. The van der Waals surface area contributed by atoms with Crippen molar-refractivity contribution in [3.05, 3.63) is 23.2 Å². The molecule has 20 heavy (non-hydrogen) atoms. The molecule has 1 atom stereocenters. The molecule has 0 spiro atoms. The van der Waals surface area contributed by atoms with Crippen LogP contribution >= 0.6 is 22.9 Å². The zero-order valence-corrected chi connectivity index (χ0v) is 13.2. The average Bonchev–Trinajstić information content (AvgIpc) is 2.80. The Morgan fingerprint density at radius 1 is 1.50 bits per heavy atom. The lowest BCUT2D eigenvalue weighted by molar-refractivity contribution is -0.141. The summed E-state index contributed by atoms with van der Waals surface area (Å²) in [4.78, 5) is 16.3. The Kier molecular flexibility index (Phi) is 4.83. The largest absolute Gasteiger partial charge is 0.467 e. The molecular weight excluding hydrogens is 296 g/mol. The molecule has 0 bridgehead atoms. The van der Waals surface area contributed by atoms with Crippen LogP contribution in [0.3, 0.4) is 0 Å². The Bertz CT molecular complexity index is 612. The van der Waals surface area contributed by atoms with E-state index in [-0.39, 0.29) is 12.0 Å². The van der Waals surface area contributed by atoms with Crippen molar-refractivity contribution in [3.8, 4) is 0 Å². The number of methoxy groups -OCH3 is 1. The van der Waals surface area contributed by atoms with Gasteiger partial charge in [0.15, 0.2) is 5.13 Å². The Balaban J connectivity index is 2.24. The summed E-state index contributed by atoms with van der Waals surface area (Å²) in [7, 11) is 1.40. The molecule has 0 saturated heterocycles. The predicted molar refractivity (Wildman–Crippen MR) is 83.5 cm³/mol.